The summed E-state index contributed by atoms with van der Waals surface area (Å²) >= 11 is 0. The smallest absolute Gasteiger partial charge is 0.115 e. The highest BCUT2D eigenvalue weighted by atomic mass is 16.3. The average molecular weight is 220 g/mol. The molecule has 0 spiro atoms. The van der Waals surface area contributed by atoms with Crippen molar-refractivity contribution < 1.29 is 5.11 Å². The summed E-state index contributed by atoms with van der Waals surface area (Å²) in [6.45, 7) is 9.13. The molecule has 0 aromatic heterocycles. The molecule has 16 heavy (non-hydrogen) atoms. The minimum absolute atomic E-state index is 0.197. The molecule has 0 saturated carbocycles. The van der Waals surface area contributed by atoms with Gasteiger partial charge < -0.3 is 5.11 Å². The van der Waals surface area contributed by atoms with Crippen LogP contribution in [0, 0.1) is 5.92 Å². The van der Waals surface area contributed by atoms with Gasteiger partial charge in [0.1, 0.15) is 5.75 Å². The molecule has 0 saturated heterocycles. The van der Waals surface area contributed by atoms with E-state index in [1.165, 1.54) is 24.8 Å². The van der Waals surface area contributed by atoms with Gasteiger partial charge in [0.15, 0.2) is 0 Å². The Morgan fingerprint density at radius 2 is 1.75 bits per heavy atom. The summed E-state index contributed by atoms with van der Waals surface area (Å²) in [4.78, 5) is 0. The molecule has 1 rings (SSSR count). The molecule has 1 aromatic rings. The SMILES string of the molecule is CCCC(C)CC(C)(C)c1ccc(O)cc1. The van der Waals surface area contributed by atoms with Crippen molar-refractivity contribution in [1.29, 1.82) is 0 Å². The number of aromatic hydroxyl groups is 1. The molecule has 0 radical (unpaired) electrons. The van der Waals surface area contributed by atoms with Crippen LogP contribution in [0.5, 0.6) is 5.75 Å². The average Bonchev–Trinajstić information content (AvgIpc) is 2.17. The molecule has 90 valence electrons. The fourth-order valence-corrected chi connectivity index (χ4v) is 2.50. The summed E-state index contributed by atoms with van der Waals surface area (Å²) in [6, 6.07) is 7.63. The van der Waals surface area contributed by atoms with E-state index in [0.717, 1.165) is 5.92 Å². The van der Waals surface area contributed by atoms with Gasteiger partial charge in [0.05, 0.1) is 0 Å². The van der Waals surface area contributed by atoms with Crippen molar-refractivity contribution >= 4 is 0 Å². The fourth-order valence-electron chi connectivity index (χ4n) is 2.50. The maximum Gasteiger partial charge on any atom is 0.115 e. The molecule has 0 aliphatic carbocycles. The Morgan fingerprint density at radius 1 is 1.19 bits per heavy atom. The predicted octanol–water partition coefficient (Wildman–Crippen LogP) is 4.50. The first-order valence-electron chi connectivity index (χ1n) is 6.25. The van der Waals surface area contributed by atoms with E-state index >= 15 is 0 Å². The molecular formula is C15H24O. The molecule has 1 atom stereocenters. The van der Waals surface area contributed by atoms with Crippen LogP contribution in [0.3, 0.4) is 0 Å². The second kappa shape index (κ2) is 5.38. The van der Waals surface area contributed by atoms with Crippen LogP contribution in [0.1, 0.15) is 52.5 Å². The standard InChI is InChI=1S/C15H24O/c1-5-6-12(2)11-15(3,4)13-7-9-14(16)10-8-13/h7-10,12,16H,5-6,11H2,1-4H3. The molecule has 0 aliphatic rings. The Balaban J connectivity index is 2.72. The van der Waals surface area contributed by atoms with Crippen LogP contribution in [-0.4, -0.2) is 5.11 Å². The monoisotopic (exact) mass is 220 g/mol. The van der Waals surface area contributed by atoms with Crippen LogP contribution in [-0.2, 0) is 5.41 Å². The third-order valence-corrected chi connectivity index (χ3v) is 3.29. The van der Waals surface area contributed by atoms with E-state index in [-0.39, 0.29) is 5.41 Å². The van der Waals surface area contributed by atoms with Crippen molar-refractivity contribution in [2.45, 2.75) is 52.4 Å². The van der Waals surface area contributed by atoms with Gasteiger partial charge in [-0.3, -0.25) is 0 Å². The van der Waals surface area contributed by atoms with Crippen LogP contribution in [0.25, 0.3) is 0 Å². The number of hydrogen-bond donors (Lipinski definition) is 1. The second-order valence-corrected chi connectivity index (χ2v) is 5.53. The first-order valence-corrected chi connectivity index (χ1v) is 6.25. The molecule has 0 amide bonds. The Kier molecular flexibility index (Phi) is 4.40. The van der Waals surface area contributed by atoms with E-state index < -0.39 is 0 Å². The second-order valence-electron chi connectivity index (χ2n) is 5.53. The van der Waals surface area contributed by atoms with Gasteiger partial charge in [-0.05, 0) is 35.4 Å². The van der Waals surface area contributed by atoms with Gasteiger partial charge in [-0.2, -0.15) is 0 Å². The van der Waals surface area contributed by atoms with Gasteiger partial charge in [0, 0.05) is 0 Å². The molecule has 0 heterocycles. The maximum absolute atomic E-state index is 9.29. The Bertz CT molecular complexity index is 311. The lowest BCUT2D eigenvalue weighted by Crippen LogP contribution is -2.20. The molecule has 1 aromatic carbocycles. The topological polar surface area (TPSA) is 20.2 Å². The lowest BCUT2D eigenvalue weighted by Gasteiger charge is -2.28. The van der Waals surface area contributed by atoms with Crippen molar-refractivity contribution in [2.75, 3.05) is 0 Å². The van der Waals surface area contributed by atoms with Gasteiger partial charge in [0.25, 0.3) is 0 Å². The van der Waals surface area contributed by atoms with E-state index in [0.29, 0.717) is 5.75 Å². The summed E-state index contributed by atoms with van der Waals surface area (Å²) in [5.74, 6) is 1.11. The molecule has 0 aliphatic heterocycles. The van der Waals surface area contributed by atoms with Crippen LogP contribution >= 0.6 is 0 Å². The van der Waals surface area contributed by atoms with E-state index in [1.807, 2.05) is 12.1 Å². The lowest BCUT2D eigenvalue weighted by molar-refractivity contribution is 0.361. The zero-order valence-corrected chi connectivity index (χ0v) is 11.0. The molecule has 1 heteroatoms. The van der Waals surface area contributed by atoms with Gasteiger partial charge >= 0.3 is 0 Å². The third kappa shape index (κ3) is 3.55. The van der Waals surface area contributed by atoms with E-state index in [2.05, 4.69) is 27.7 Å². The maximum atomic E-state index is 9.29. The molecular weight excluding hydrogens is 196 g/mol. The van der Waals surface area contributed by atoms with Gasteiger partial charge in [-0.15, -0.1) is 0 Å². The normalized spacial score (nSPS) is 13.8. The highest BCUT2D eigenvalue weighted by Gasteiger charge is 2.22. The minimum atomic E-state index is 0.197. The summed E-state index contributed by atoms with van der Waals surface area (Å²) < 4.78 is 0. The number of phenols is 1. The van der Waals surface area contributed by atoms with Crippen LogP contribution < -0.4 is 0 Å². The van der Waals surface area contributed by atoms with Gasteiger partial charge in [-0.1, -0.05) is 52.7 Å². The molecule has 1 N–H and O–H groups in total. The van der Waals surface area contributed by atoms with Crippen LogP contribution in [0.4, 0.5) is 0 Å². The van der Waals surface area contributed by atoms with Crippen LogP contribution in [0.2, 0.25) is 0 Å². The zero-order chi connectivity index (χ0) is 12.2. The van der Waals surface area contributed by atoms with Crippen molar-refractivity contribution in [1.82, 2.24) is 0 Å². The Hall–Kier alpha value is -0.980. The highest BCUT2D eigenvalue weighted by Crippen LogP contribution is 2.32. The van der Waals surface area contributed by atoms with E-state index in [1.54, 1.807) is 12.1 Å². The quantitative estimate of drug-likeness (QED) is 0.774. The highest BCUT2D eigenvalue weighted by molar-refractivity contribution is 5.30. The number of phenolic OH excluding ortho intramolecular Hbond substituents is 1. The van der Waals surface area contributed by atoms with Crippen LogP contribution in [0.15, 0.2) is 24.3 Å². The van der Waals surface area contributed by atoms with E-state index in [9.17, 15) is 5.11 Å². The Labute approximate surface area is 99.5 Å². The third-order valence-electron chi connectivity index (χ3n) is 3.29. The summed E-state index contributed by atoms with van der Waals surface area (Å²) in [7, 11) is 0. The van der Waals surface area contributed by atoms with Crippen molar-refractivity contribution in [3.8, 4) is 5.75 Å². The molecule has 1 unspecified atom stereocenters. The predicted molar refractivity (Wildman–Crippen MR) is 69.8 cm³/mol. The van der Waals surface area contributed by atoms with E-state index in [4.69, 9.17) is 0 Å². The molecule has 0 fully saturated rings. The lowest BCUT2D eigenvalue weighted by atomic mass is 9.76. The number of hydrogen-bond acceptors (Lipinski definition) is 1. The minimum Gasteiger partial charge on any atom is -0.508 e. The van der Waals surface area contributed by atoms with Crippen molar-refractivity contribution in [3.63, 3.8) is 0 Å². The Morgan fingerprint density at radius 3 is 2.25 bits per heavy atom. The van der Waals surface area contributed by atoms with Crippen molar-refractivity contribution in [3.05, 3.63) is 29.8 Å². The van der Waals surface area contributed by atoms with Gasteiger partial charge in [-0.25, -0.2) is 0 Å². The summed E-state index contributed by atoms with van der Waals surface area (Å²) in [6.07, 6.45) is 3.75. The van der Waals surface area contributed by atoms with Crippen molar-refractivity contribution in [2.24, 2.45) is 5.92 Å². The first-order chi connectivity index (χ1) is 7.45. The number of benzene rings is 1. The number of rotatable bonds is 5. The summed E-state index contributed by atoms with van der Waals surface area (Å²) in [5.41, 5.74) is 1.51. The largest absolute Gasteiger partial charge is 0.508 e. The zero-order valence-electron chi connectivity index (χ0n) is 11.0. The fraction of sp³-hybridized carbons (Fsp3) is 0.600. The summed E-state index contributed by atoms with van der Waals surface area (Å²) in [5, 5.41) is 9.29. The van der Waals surface area contributed by atoms with Gasteiger partial charge in [0.2, 0.25) is 0 Å². The molecule has 0 bridgehead atoms. The molecule has 1 nitrogen and oxygen atoms in total. The first kappa shape index (κ1) is 13.1.